The van der Waals surface area contributed by atoms with Gasteiger partial charge in [0.05, 0.1) is 85.5 Å². The first-order valence-corrected chi connectivity index (χ1v) is 36.3. The highest BCUT2D eigenvalue weighted by Crippen LogP contribution is 2.27. The van der Waals surface area contributed by atoms with Gasteiger partial charge in [0.2, 0.25) is 76.5 Å². The van der Waals surface area contributed by atoms with E-state index in [9.17, 15) is 85.0 Å². The molecule has 1 aromatic carbocycles. The summed E-state index contributed by atoms with van der Waals surface area (Å²) in [5.41, 5.74) is 4.58. The van der Waals surface area contributed by atoms with Crippen LogP contribution in [-0.2, 0) is 81.2 Å². The molecule has 0 unspecified atom stereocenters. The summed E-state index contributed by atoms with van der Waals surface area (Å²) < 4.78 is 85.5. The van der Waals surface area contributed by atoms with E-state index in [0.29, 0.717) is 25.2 Å². The SMILES string of the molecule is CC[C@H](NC(=O)[C@H](C)NC(=O)[C@H](CC(C)C)NC(=O)[C@H](CC(=O)O)NC(=O)CNC(=O)CCCCNc1cc(C)ccn1)C(=O)N[C@@H](CC(C)C)C(=O)N[C@@H](CCCNC(N)=O)C(=O)NC(C)(C)C(=O)N[C@@H](CC(C)C)C(=O)NCCOCCOCCOCCOCCOCCC(=O)Oc1c(F)c(F)cc(F)c1F. The Bertz CT molecular complexity index is 3260. The summed E-state index contributed by atoms with van der Waals surface area (Å²) in [4.78, 5) is 176. The Morgan fingerprint density at radius 1 is 0.514 bits per heavy atom. The van der Waals surface area contributed by atoms with Gasteiger partial charge in [-0.1, -0.05) is 48.5 Å². The number of amides is 12. The number of carbonyl (C=O) groups excluding carboxylic acids is 12. The van der Waals surface area contributed by atoms with E-state index in [1.807, 2.05) is 32.9 Å². The van der Waals surface area contributed by atoms with E-state index in [2.05, 4.69) is 73.5 Å². The van der Waals surface area contributed by atoms with Gasteiger partial charge in [-0.2, -0.15) is 8.78 Å². The Labute approximate surface area is 632 Å². The highest BCUT2D eigenvalue weighted by atomic mass is 19.2. The van der Waals surface area contributed by atoms with Crippen molar-refractivity contribution in [2.45, 2.75) is 195 Å². The molecule has 0 fully saturated rings. The van der Waals surface area contributed by atoms with E-state index in [0.717, 1.165) is 5.56 Å². The molecular weight excluding hydrogens is 1440 g/mol. The fourth-order valence-electron chi connectivity index (χ4n) is 10.0. The maximum absolute atomic E-state index is 14.3. The molecule has 34 nitrogen and oxygen atoms in total. The lowest BCUT2D eigenvalue weighted by atomic mass is 9.98. The summed E-state index contributed by atoms with van der Waals surface area (Å²) in [5, 5.41) is 40.9. The third-order valence-corrected chi connectivity index (χ3v) is 15.7. The number of rotatable bonds is 56. The molecule has 0 radical (unpaired) electrons. The van der Waals surface area contributed by atoms with Crippen LogP contribution in [0.25, 0.3) is 0 Å². The van der Waals surface area contributed by atoms with Crippen LogP contribution in [0.5, 0.6) is 5.75 Å². The van der Waals surface area contributed by atoms with E-state index in [1.54, 1.807) is 40.8 Å². The lowest BCUT2D eigenvalue weighted by Gasteiger charge is -2.31. The predicted molar refractivity (Wildman–Crippen MR) is 387 cm³/mol. The molecule has 38 heteroatoms. The molecule has 0 saturated heterocycles. The number of carboxylic acid groups (broad SMARTS) is 1. The van der Waals surface area contributed by atoms with Crippen molar-refractivity contribution in [1.29, 1.82) is 0 Å². The normalized spacial score (nSPS) is 13.3. The summed E-state index contributed by atoms with van der Waals surface area (Å²) in [7, 11) is 0. The number of nitrogens with two attached hydrogens (primary N) is 1. The molecule has 2 rings (SSSR count). The van der Waals surface area contributed by atoms with E-state index in [4.69, 9.17) is 29.4 Å². The number of urea groups is 1. The van der Waals surface area contributed by atoms with Crippen LogP contribution in [-0.4, -0.2) is 227 Å². The van der Waals surface area contributed by atoms with Gasteiger partial charge in [0.25, 0.3) is 0 Å². The van der Waals surface area contributed by atoms with Crippen LogP contribution < -0.4 is 74.3 Å². The quantitative estimate of drug-likeness (QED) is 0.0147. The Morgan fingerprint density at radius 2 is 1.01 bits per heavy atom. The van der Waals surface area contributed by atoms with Crippen molar-refractivity contribution in [3.63, 3.8) is 0 Å². The number of esters is 1. The van der Waals surface area contributed by atoms with Crippen LogP contribution in [0, 0.1) is 47.9 Å². The highest BCUT2D eigenvalue weighted by Gasteiger charge is 2.38. The third kappa shape index (κ3) is 40.6. The first-order valence-electron chi connectivity index (χ1n) is 36.3. The Balaban J connectivity index is 1.95. The number of pyridine rings is 1. The highest BCUT2D eigenvalue weighted by molar-refractivity contribution is 5.99. The van der Waals surface area contributed by atoms with Gasteiger partial charge in [-0.15, -0.1) is 0 Å². The molecule has 1 heterocycles. The number of primary amides is 1. The number of aryl methyl sites for hydroxylation is 1. The summed E-state index contributed by atoms with van der Waals surface area (Å²) >= 11 is 0. The largest absolute Gasteiger partial charge is 0.481 e. The number of carbonyl (C=O) groups is 13. The fraction of sp³-hybridized carbons (Fsp3) is 0.662. The minimum Gasteiger partial charge on any atom is -0.481 e. The zero-order valence-electron chi connectivity index (χ0n) is 64.0. The van der Waals surface area contributed by atoms with Crippen molar-refractivity contribution in [2.75, 3.05) is 97.6 Å². The number of aliphatic carboxylic acids is 1. The van der Waals surface area contributed by atoms with Gasteiger partial charge in [-0.05, 0) is 115 Å². The molecule has 15 N–H and O–H groups in total. The number of aromatic nitrogens is 1. The predicted octanol–water partition coefficient (Wildman–Crippen LogP) is 1.62. The third-order valence-electron chi connectivity index (χ3n) is 15.7. The molecule has 7 atom stereocenters. The van der Waals surface area contributed by atoms with Crippen LogP contribution in [0.1, 0.15) is 145 Å². The number of carboxylic acids is 1. The average Bonchev–Trinajstić information content (AvgIpc) is 0.823. The van der Waals surface area contributed by atoms with E-state index in [-0.39, 0.29) is 148 Å². The van der Waals surface area contributed by atoms with E-state index >= 15 is 0 Å². The molecule has 2 aromatic rings. The molecule has 0 aliphatic rings. The van der Waals surface area contributed by atoms with Gasteiger partial charge in [0.15, 0.2) is 11.6 Å². The summed E-state index contributed by atoms with van der Waals surface area (Å²) in [5.74, 6) is -19.1. The number of unbranched alkanes of at least 4 members (excludes halogenated alkanes) is 1. The average molecular weight is 1560 g/mol. The molecule has 0 bridgehead atoms. The number of hydrogen-bond acceptors (Lipinski definition) is 21. The van der Waals surface area contributed by atoms with Crippen LogP contribution >= 0.6 is 0 Å². The summed E-state index contributed by atoms with van der Waals surface area (Å²) in [6, 6.07) is -6.62. The second kappa shape index (κ2) is 51.8. The van der Waals surface area contributed by atoms with E-state index < -0.39 is 173 Å². The lowest BCUT2D eigenvalue weighted by Crippen LogP contribution is -2.63. The van der Waals surface area contributed by atoms with Crippen LogP contribution in [0.15, 0.2) is 24.4 Å². The molecule has 614 valence electrons. The second-order valence-electron chi connectivity index (χ2n) is 27.3. The zero-order valence-corrected chi connectivity index (χ0v) is 64.0. The Morgan fingerprint density at radius 3 is 1.53 bits per heavy atom. The van der Waals surface area contributed by atoms with Crippen molar-refractivity contribution < 1.29 is 113 Å². The van der Waals surface area contributed by atoms with Crippen LogP contribution in [0.2, 0.25) is 0 Å². The molecule has 0 aliphatic carbocycles. The maximum Gasteiger partial charge on any atom is 0.313 e. The van der Waals surface area contributed by atoms with Gasteiger partial charge in [0.1, 0.15) is 53.6 Å². The van der Waals surface area contributed by atoms with Crippen LogP contribution in [0.4, 0.5) is 28.2 Å². The first-order chi connectivity index (χ1) is 51.4. The number of halogens is 4. The number of ether oxygens (including phenoxy) is 6. The standard InChI is InChI=1S/C71H112F4N14O20/c1-12-48(84-62(95)45(9)82-65(98)51(35-42(4)5)87-67(100)53(39-57(92)93)83-56(91)40-81-55(90)17-13-14-20-77-54-37-44(8)18-22-78-54)64(97)86-52(36-43(6)7)66(99)85-49(16-15-21-80-70(76)103)68(101)89-71(10,11)69(102)88-50(34-41(2)3)63(96)79-23-25-105-27-29-107-31-33-108-32-30-106-28-26-104-24-19-58(94)109-61-59(74)46(72)38-47(73)60(61)75/h18,22,37-38,41-43,45,48-53H,12-17,19-21,23-36,39-40H2,1-11H3,(H,77,78)(H,79,96)(H,81,90)(H,82,98)(H,83,91)(H,84,95)(H,85,99)(H,86,97)(H,87,100)(H,88,102)(H,89,101)(H,92,93)(H3,76,80,103)/t45-,48-,49-,50-,51-,52-,53-/m0/s1. The van der Waals surface area contributed by atoms with Crippen molar-refractivity contribution >= 4 is 82.9 Å². The van der Waals surface area contributed by atoms with E-state index in [1.165, 1.54) is 20.8 Å². The number of hydrogen-bond donors (Lipinski definition) is 14. The van der Waals surface area contributed by atoms with Crippen molar-refractivity contribution in [1.82, 2.24) is 63.5 Å². The molecule has 109 heavy (non-hydrogen) atoms. The lowest BCUT2D eigenvalue weighted by molar-refractivity contribution is -0.141. The van der Waals surface area contributed by atoms with Gasteiger partial charge in [0, 0.05) is 38.3 Å². The maximum atomic E-state index is 14.3. The van der Waals surface area contributed by atoms with Crippen molar-refractivity contribution in [3.05, 3.63) is 53.2 Å². The Kier molecular flexibility index (Phi) is 45.5. The molecule has 0 spiro atoms. The van der Waals surface area contributed by atoms with Gasteiger partial charge < -0.3 is 103 Å². The number of benzene rings is 1. The number of nitrogens with zero attached hydrogens (tertiary/aromatic N) is 1. The van der Waals surface area contributed by atoms with Gasteiger partial charge >= 0.3 is 18.0 Å². The van der Waals surface area contributed by atoms with Crippen LogP contribution in [0.3, 0.4) is 0 Å². The van der Waals surface area contributed by atoms with Gasteiger partial charge in [-0.25, -0.2) is 18.6 Å². The minimum atomic E-state index is -1.84. The smallest absolute Gasteiger partial charge is 0.313 e. The summed E-state index contributed by atoms with van der Waals surface area (Å²) in [6.45, 7) is 19.4. The first kappa shape index (κ1) is 95.7. The molecule has 1 aromatic heterocycles. The Hall–Kier alpha value is -9.40. The topological polar surface area (TPSA) is 481 Å². The molecular formula is C71H112F4N14O20. The molecule has 12 amide bonds. The minimum absolute atomic E-state index is 0.0107. The molecule has 0 saturated carbocycles. The fourth-order valence-corrected chi connectivity index (χ4v) is 10.0. The van der Waals surface area contributed by atoms with Crippen molar-refractivity contribution in [3.8, 4) is 5.75 Å². The number of nitrogens with one attached hydrogen (secondary N) is 12. The van der Waals surface area contributed by atoms with Gasteiger partial charge in [-0.3, -0.25) is 57.5 Å². The number of anilines is 1. The monoisotopic (exact) mass is 1560 g/mol. The second-order valence-corrected chi connectivity index (χ2v) is 27.3. The zero-order chi connectivity index (χ0) is 81.8. The van der Waals surface area contributed by atoms with Crippen molar-refractivity contribution in [2.24, 2.45) is 23.5 Å². The summed E-state index contributed by atoms with van der Waals surface area (Å²) in [6.07, 6.45) is 1.62. The molecule has 0 aliphatic heterocycles.